The summed E-state index contributed by atoms with van der Waals surface area (Å²) in [6.45, 7) is 3.74. The smallest absolute Gasteiger partial charge is 0.271 e. The Labute approximate surface area is 320 Å². The van der Waals surface area contributed by atoms with Crippen LogP contribution in [0.2, 0.25) is 5.02 Å². The minimum absolute atomic E-state index is 0.00279. The first-order chi connectivity index (χ1) is 26.6. The van der Waals surface area contributed by atoms with Gasteiger partial charge >= 0.3 is 0 Å². The van der Waals surface area contributed by atoms with E-state index in [-0.39, 0.29) is 60.1 Å². The summed E-state index contributed by atoms with van der Waals surface area (Å²) >= 11 is 6.12. The summed E-state index contributed by atoms with van der Waals surface area (Å²) in [6.07, 6.45) is 6.71. The molecule has 1 saturated carbocycles. The third kappa shape index (κ3) is 8.37. The van der Waals surface area contributed by atoms with Crippen LogP contribution in [0.3, 0.4) is 0 Å². The van der Waals surface area contributed by atoms with Gasteiger partial charge in [-0.25, -0.2) is 14.4 Å². The van der Waals surface area contributed by atoms with Crippen molar-refractivity contribution < 1.29 is 37.8 Å². The van der Waals surface area contributed by atoms with Gasteiger partial charge in [-0.2, -0.15) is 5.26 Å². The van der Waals surface area contributed by atoms with Gasteiger partial charge in [-0.05, 0) is 62.8 Å². The lowest BCUT2D eigenvalue weighted by molar-refractivity contribution is -0.136. The van der Waals surface area contributed by atoms with Gasteiger partial charge in [0.15, 0.2) is 11.6 Å². The molecular weight excluding hydrogens is 735 g/mol. The van der Waals surface area contributed by atoms with E-state index in [0.29, 0.717) is 48.2 Å². The standard InChI is InChI=1S/C38H38ClFN8O7/c39-28-16-25(5-2-22(28)19-41)55-24-6-3-23(4-7-24)44-35(50)30-20-43-33(21-42-30)47-13-11-46(12-14-47)10-1-15-54-32-18-27-26(17-29(32)40)37(52)48(38(27)53)31-8-9-34(49)45-36(31)51/h2,5,16-18,20-21,23-24,31H,1,3-4,6-15H2,(H,44,50)(H,45,49,51)/t23-,24-,31?. The summed E-state index contributed by atoms with van der Waals surface area (Å²) in [5.41, 5.74) is 0.456. The quantitative estimate of drug-likeness (QED) is 0.214. The van der Waals surface area contributed by atoms with Crippen LogP contribution < -0.4 is 25.0 Å². The molecule has 2 saturated heterocycles. The summed E-state index contributed by atoms with van der Waals surface area (Å²) in [6, 6.07) is 8.08. The Morgan fingerprint density at radius 1 is 0.982 bits per heavy atom. The molecule has 17 heteroatoms. The van der Waals surface area contributed by atoms with Gasteiger partial charge in [0, 0.05) is 51.3 Å². The molecule has 55 heavy (non-hydrogen) atoms. The van der Waals surface area contributed by atoms with Gasteiger partial charge in [-0.1, -0.05) is 11.6 Å². The van der Waals surface area contributed by atoms with E-state index < -0.39 is 35.5 Å². The number of amides is 5. The third-order valence-corrected chi connectivity index (χ3v) is 10.6. The molecule has 4 heterocycles. The molecule has 2 N–H and O–H groups in total. The van der Waals surface area contributed by atoms with E-state index in [4.69, 9.17) is 26.3 Å². The maximum Gasteiger partial charge on any atom is 0.271 e. The van der Waals surface area contributed by atoms with Crippen LogP contribution in [0.5, 0.6) is 11.5 Å². The number of piperazine rings is 1. The van der Waals surface area contributed by atoms with Crippen molar-refractivity contribution in [1.29, 1.82) is 5.26 Å². The lowest BCUT2D eigenvalue weighted by atomic mass is 9.93. The number of carbonyl (C=O) groups is 5. The molecule has 0 bridgehead atoms. The first kappa shape index (κ1) is 37.6. The van der Waals surface area contributed by atoms with E-state index in [1.165, 1.54) is 12.3 Å². The average Bonchev–Trinajstić information content (AvgIpc) is 3.41. The van der Waals surface area contributed by atoms with Crippen LogP contribution >= 0.6 is 11.6 Å². The second kappa shape index (κ2) is 16.4. The molecule has 15 nitrogen and oxygen atoms in total. The van der Waals surface area contributed by atoms with Gasteiger partial charge in [0.05, 0.1) is 46.8 Å². The number of aromatic nitrogens is 2. The lowest BCUT2D eigenvalue weighted by Crippen LogP contribution is -2.54. The summed E-state index contributed by atoms with van der Waals surface area (Å²) in [4.78, 5) is 76.7. The number of benzene rings is 2. The number of hydrogen-bond acceptors (Lipinski definition) is 12. The molecule has 1 unspecified atom stereocenters. The van der Waals surface area contributed by atoms with Crippen molar-refractivity contribution in [1.82, 2.24) is 30.4 Å². The number of hydrogen-bond donors (Lipinski definition) is 2. The predicted molar refractivity (Wildman–Crippen MR) is 194 cm³/mol. The largest absolute Gasteiger partial charge is 0.490 e. The number of rotatable bonds is 11. The highest BCUT2D eigenvalue weighted by Crippen LogP contribution is 2.32. The number of halogens is 2. The molecule has 5 amide bonds. The molecule has 3 aliphatic heterocycles. The zero-order chi connectivity index (χ0) is 38.6. The number of piperidine rings is 1. The van der Waals surface area contributed by atoms with Crippen molar-refractivity contribution in [2.75, 3.05) is 44.2 Å². The van der Waals surface area contributed by atoms with Crippen LogP contribution in [0.1, 0.15) is 81.7 Å². The van der Waals surface area contributed by atoms with Gasteiger partial charge in [0.1, 0.15) is 29.4 Å². The molecule has 0 radical (unpaired) electrons. The van der Waals surface area contributed by atoms with Gasteiger partial charge in [-0.3, -0.25) is 39.1 Å². The van der Waals surface area contributed by atoms with Crippen molar-refractivity contribution in [3.05, 3.63) is 75.9 Å². The Balaban J connectivity index is 0.815. The monoisotopic (exact) mass is 772 g/mol. The van der Waals surface area contributed by atoms with Crippen LogP contribution in [0, 0.1) is 17.1 Å². The minimum atomic E-state index is -1.14. The number of carbonyl (C=O) groups excluding carboxylic acids is 5. The zero-order valence-corrected chi connectivity index (χ0v) is 30.5. The Morgan fingerprint density at radius 2 is 1.73 bits per heavy atom. The molecular formula is C38H38ClFN8O7. The molecule has 286 valence electrons. The topological polar surface area (TPSA) is 187 Å². The molecule has 1 aromatic heterocycles. The van der Waals surface area contributed by atoms with Crippen molar-refractivity contribution in [3.8, 4) is 17.6 Å². The molecule has 0 spiro atoms. The molecule has 3 fully saturated rings. The molecule has 7 rings (SSSR count). The van der Waals surface area contributed by atoms with E-state index >= 15 is 0 Å². The highest BCUT2D eigenvalue weighted by atomic mass is 35.5. The Morgan fingerprint density at radius 3 is 2.40 bits per heavy atom. The number of fused-ring (bicyclic) bond motifs is 1. The summed E-state index contributed by atoms with van der Waals surface area (Å²) in [5.74, 6) is -2.64. The molecule has 2 aromatic carbocycles. The van der Waals surface area contributed by atoms with Crippen molar-refractivity contribution in [2.24, 2.45) is 0 Å². The minimum Gasteiger partial charge on any atom is -0.490 e. The maximum atomic E-state index is 14.9. The Kier molecular flexibility index (Phi) is 11.2. The number of ether oxygens (including phenoxy) is 2. The fourth-order valence-corrected chi connectivity index (χ4v) is 7.50. The first-order valence-electron chi connectivity index (χ1n) is 18.2. The van der Waals surface area contributed by atoms with Crippen LogP contribution in [0.15, 0.2) is 42.7 Å². The first-order valence-corrected chi connectivity index (χ1v) is 18.6. The third-order valence-electron chi connectivity index (χ3n) is 10.3. The SMILES string of the molecule is N#Cc1ccc(O[C@H]2CC[C@H](NC(=O)c3cnc(N4CCN(CCCOc5cc6c(cc5F)C(=O)N(C5CCC(=O)NC5=O)C6=O)CC4)cn3)CC2)cc1Cl. The lowest BCUT2D eigenvalue weighted by Gasteiger charge is -2.35. The number of nitriles is 1. The maximum absolute atomic E-state index is 14.9. The Bertz CT molecular complexity index is 2050. The number of nitrogens with one attached hydrogen (secondary N) is 2. The van der Waals surface area contributed by atoms with E-state index in [2.05, 4.69) is 30.4 Å². The molecule has 1 atom stereocenters. The van der Waals surface area contributed by atoms with Gasteiger partial charge < -0.3 is 19.7 Å². The van der Waals surface area contributed by atoms with E-state index in [0.717, 1.165) is 49.7 Å². The van der Waals surface area contributed by atoms with Crippen LogP contribution in [-0.2, 0) is 9.59 Å². The van der Waals surface area contributed by atoms with Crippen molar-refractivity contribution >= 4 is 47.0 Å². The second-order valence-electron chi connectivity index (χ2n) is 13.9. The summed E-state index contributed by atoms with van der Waals surface area (Å²) in [5, 5.41) is 14.6. The van der Waals surface area contributed by atoms with Crippen LogP contribution in [0.4, 0.5) is 10.2 Å². The molecule has 1 aliphatic carbocycles. The zero-order valence-electron chi connectivity index (χ0n) is 29.8. The summed E-state index contributed by atoms with van der Waals surface area (Å²) < 4.78 is 26.6. The number of nitrogens with zero attached hydrogens (tertiary/aromatic N) is 6. The number of anilines is 1. The van der Waals surface area contributed by atoms with Crippen LogP contribution in [0.25, 0.3) is 0 Å². The average molecular weight is 773 g/mol. The van der Waals surface area contributed by atoms with Gasteiger partial charge in [0.25, 0.3) is 17.7 Å². The molecule has 4 aliphatic rings. The van der Waals surface area contributed by atoms with E-state index in [1.54, 1.807) is 24.4 Å². The highest BCUT2D eigenvalue weighted by molar-refractivity contribution is 6.31. The van der Waals surface area contributed by atoms with E-state index in [1.807, 2.05) is 6.07 Å². The number of imide groups is 2. The normalized spacial score (nSPS) is 21.5. The van der Waals surface area contributed by atoms with Crippen molar-refractivity contribution in [3.63, 3.8) is 0 Å². The fourth-order valence-electron chi connectivity index (χ4n) is 7.29. The Hall–Kier alpha value is -5.66. The van der Waals surface area contributed by atoms with Gasteiger partial charge in [0.2, 0.25) is 11.8 Å². The van der Waals surface area contributed by atoms with Crippen molar-refractivity contribution in [2.45, 2.75) is 63.1 Å². The van der Waals surface area contributed by atoms with Crippen LogP contribution in [-0.4, -0.2) is 107 Å². The fraction of sp³-hybridized carbons (Fsp3) is 0.421. The predicted octanol–water partition coefficient (Wildman–Crippen LogP) is 3.25. The van der Waals surface area contributed by atoms with E-state index in [9.17, 15) is 28.4 Å². The highest BCUT2D eigenvalue weighted by Gasteiger charge is 2.45. The van der Waals surface area contributed by atoms with Gasteiger partial charge in [-0.15, -0.1) is 0 Å². The second-order valence-corrected chi connectivity index (χ2v) is 14.3. The summed E-state index contributed by atoms with van der Waals surface area (Å²) in [7, 11) is 0. The molecule has 3 aromatic rings.